The molecular weight excluding hydrogens is 316 g/mol. The highest BCUT2D eigenvalue weighted by molar-refractivity contribution is 5.91. The van der Waals surface area contributed by atoms with Crippen LogP contribution in [0.2, 0.25) is 0 Å². The second-order valence-electron chi connectivity index (χ2n) is 4.65. The summed E-state index contributed by atoms with van der Waals surface area (Å²) in [6.45, 7) is 1.47. The Kier molecular flexibility index (Phi) is 4.58. The van der Waals surface area contributed by atoms with Gasteiger partial charge < -0.3 is 9.47 Å². The van der Waals surface area contributed by atoms with E-state index in [9.17, 15) is 22.4 Å². The Morgan fingerprint density at radius 1 is 0.870 bits per heavy atom. The Morgan fingerprint density at radius 3 is 2.04 bits per heavy atom. The molecule has 0 saturated heterocycles. The van der Waals surface area contributed by atoms with E-state index in [0.29, 0.717) is 5.56 Å². The highest BCUT2D eigenvalue weighted by atomic mass is 19.3. The van der Waals surface area contributed by atoms with Crippen molar-refractivity contribution in [2.75, 3.05) is 0 Å². The van der Waals surface area contributed by atoms with Crippen LogP contribution in [0.5, 0.6) is 5.75 Å². The Balaban J connectivity index is 2.16. The molecule has 0 amide bonds. The number of esters is 1. The molecule has 2 rings (SSSR count). The molecule has 23 heavy (non-hydrogen) atoms. The van der Waals surface area contributed by atoms with Crippen LogP contribution in [0, 0.1) is 6.92 Å². The van der Waals surface area contributed by atoms with Gasteiger partial charge >= 0.3 is 18.2 Å². The summed E-state index contributed by atoms with van der Waals surface area (Å²) in [5.41, 5.74) is 0.0864. The van der Waals surface area contributed by atoms with Crippen molar-refractivity contribution < 1.29 is 31.8 Å². The molecule has 0 aliphatic heterocycles. The number of hydrogen-bond donors (Lipinski definition) is 0. The molecule has 2 aromatic carbocycles. The number of hydrogen-bond acceptors (Lipinski definition) is 3. The SMILES string of the molecule is Cc1ccccc1C(=O)OC(F)(F)C(F)(F)Oc1ccccc1. The van der Waals surface area contributed by atoms with E-state index in [1.54, 1.807) is 6.07 Å². The second-order valence-corrected chi connectivity index (χ2v) is 4.65. The highest BCUT2D eigenvalue weighted by Gasteiger charge is 2.64. The molecule has 0 bridgehead atoms. The number of halogens is 4. The summed E-state index contributed by atoms with van der Waals surface area (Å²) >= 11 is 0. The molecule has 0 fully saturated rings. The molecule has 0 radical (unpaired) electrons. The van der Waals surface area contributed by atoms with Crippen molar-refractivity contribution in [3.8, 4) is 5.75 Å². The molecule has 2 aromatic rings. The van der Waals surface area contributed by atoms with Gasteiger partial charge in [0, 0.05) is 0 Å². The van der Waals surface area contributed by atoms with Crippen LogP contribution in [-0.2, 0) is 4.74 Å². The van der Waals surface area contributed by atoms with Gasteiger partial charge in [0.2, 0.25) is 0 Å². The van der Waals surface area contributed by atoms with Crippen LogP contribution >= 0.6 is 0 Å². The number of carbonyl (C=O) groups excluding carboxylic acids is 1. The fourth-order valence-electron chi connectivity index (χ4n) is 1.73. The smallest absolute Gasteiger partial charge is 0.425 e. The molecule has 0 heterocycles. The first-order valence-electron chi connectivity index (χ1n) is 6.51. The summed E-state index contributed by atoms with van der Waals surface area (Å²) in [5.74, 6) is -2.05. The van der Waals surface area contributed by atoms with Crippen molar-refractivity contribution in [1.82, 2.24) is 0 Å². The average Bonchev–Trinajstić information content (AvgIpc) is 2.47. The normalized spacial score (nSPS) is 11.9. The summed E-state index contributed by atoms with van der Waals surface area (Å²) < 4.78 is 62.2. The van der Waals surface area contributed by atoms with Gasteiger partial charge in [-0.1, -0.05) is 36.4 Å². The van der Waals surface area contributed by atoms with E-state index in [-0.39, 0.29) is 5.56 Å². The molecule has 3 nitrogen and oxygen atoms in total. The summed E-state index contributed by atoms with van der Waals surface area (Å²) in [7, 11) is 0. The van der Waals surface area contributed by atoms with E-state index < -0.39 is 23.9 Å². The van der Waals surface area contributed by atoms with Gasteiger partial charge in [-0.15, -0.1) is 0 Å². The number of alkyl halides is 4. The third-order valence-corrected chi connectivity index (χ3v) is 2.91. The van der Waals surface area contributed by atoms with E-state index in [0.717, 1.165) is 12.1 Å². The minimum absolute atomic E-state index is 0.234. The number of ether oxygens (including phenoxy) is 2. The molecule has 0 spiro atoms. The molecule has 0 atom stereocenters. The quantitative estimate of drug-likeness (QED) is 0.602. The van der Waals surface area contributed by atoms with Crippen LogP contribution in [0.25, 0.3) is 0 Å². The van der Waals surface area contributed by atoms with Gasteiger partial charge in [0.25, 0.3) is 0 Å². The lowest BCUT2D eigenvalue weighted by Gasteiger charge is -2.25. The van der Waals surface area contributed by atoms with E-state index in [2.05, 4.69) is 9.47 Å². The lowest BCUT2D eigenvalue weighted by Crippen LogP contribution is -2.48. The topological polar surface area (TPSA) is 35.5 Å². The fraction of sp³-hybridized carbons (Fsp3) is 0.188. The number of benzene rings is 2. The minimum Gasteiger partial charge on any atom is -0.425 e. The van der Waals surface area contributed by atoms with Gasteiger partial charge in [-0.3, -0.25) is 0 Å². The van der Waals surface area contributed by atoms with Gasteiger partial charge in [0.15, 0.2) is 0 Å². The Bertz CT molecular complexity index is 687. The summed E-state index contributed by atoms with van der Waals surface area (Å²) in [5, 5.41) is 0. The summed E-state index contributed by atoms with van der Waals surface area (Å²) in [6.07, 6.45) is -10.2. The third kappa shape index (κ3) is 3.80. The first-order valence-corrected chi connectivity index (χ1v) is 6.51. The molecule has 0 aliphatic carbocycles. The second kappa shape index (κ2) is 6.28. The van der Waals surface area contributed by atoms with Crippen LogP contribution in [-0.4, -0.2) is 18.2 Å². The van der Waals surface area contributed by atoms with E-state index in [1.165, 1.54) is 43.3 Å². The minimum atomic E-state index is -5.14. The van der Waals surface area contributed by atoms with Crippen molar-refractivity contribution in [2.24, 2.45) is 0 Å². The Labute approximate surface area is 129 Å². The van der Waals surface area contributed by atoms with Crippen LogP contribution in [0.15, 0.2) is 54.6 Å². The van der Waals surface area contributed by atoms with Crippen LogP contribution in [0.4, 0.5) is 17.6 Å². The molecule has 122 valence electrons. The molecule has 0 saturated carbocycles. The molecular formula is C16H12F4O3. The zero-order chi connectivity index (χ0) is 17.1. The molecule has 7 heteroatoms. The van der Waals surface area contributed by atoms with Crippen molar-refractivity contribution in [3.63, 3.8) is 0 Å². The van der Waals surface area contributed by atoms with E-state index >= 15 is 0 Å². The predicted octanol–water partition coefficient (Wildman–Crippen LogP) is 4.42. The standard InChI is InChI=1S/C16H12F4O3/c1-11-7-5-6-10-13(11)14(21)23-16(19,20)15(17,18)22-12-8-3-2-4-9-12/h2-10H,1H3. The van der Waals surface area contributed by atoms with Gasteiger partial charge in [-0.05, 0) is 30.7 Å². The fourth-order valence-corrected chi connectivity index (χ4v) is 1.73. The summed E-state index contributed by atoms with van der Waals surface area (Å²) in [6, 6.07) is 12.0. The summed E-state index contributed by atoms with van der Waals surface area (Å²) in [4.78, 5) is 11.7. The Morgan fingerprint density at radius 2 is 1.43 bits per heavy atom. The van der Waals surface area contributed by atoms with Crippen molar-refractivity contribution in [1.29, 1.82) is 0 Å². The molecule has 0 N–H and O–H groups in total. The van der Waals surface area contributed by atoms with Crippen molar-refractivity contribution in [2.45, 2.75) is 19.1 Å². The predicted molar refractivity (Wildman–Crippen MR) is 73.6 cm³/mol. The first kappa shape index (κ1) is 16.8. The number of para-hydroxylation sites is 1. The monoisotopic (exact) mass is 328 g/mol. The maximum atomic E-state index is 13.6. The lowest BCUT2D eigenvalue weighted by atomic mass is 10.1. The van der Waals surface area contributed by atoms with Crippen molar-refractivity contribution >= 4 is 5.97 Å². The number of rotatable bonds is 5. The highest BCUT2D eigenvalue weighted by Crippen LogP contribution is 2.37. The van der Waals surface area contributed by atoms with Crippen LogP contribution in [0.3, 0.4) is 0 Å². The maximum Gasteiger partial charge on any atom is 0.509 e. The maximum absolute atomic E-state index is 13.6. The van der Waals surface area contributed by atoms with Gasteiger partial charge in [0.05, 0.1) is 5.56 Å². The molecule has 0 aromatic heterocycles. The van der Waals surface area contributed by atoms with Crippen molar-refractivity contribution in [3.05, 3.63) is 65.7 Å². The zero-order valence-corrected chi connectivity index (χ0v) is 11.9. The van der Waals surface area contributed by atoms with Gasteiger partial charge in [0.1, 0.15) is 5.75 Å². The molecule has 0 aliphatic rings. The number of carbonyl (C=O) groups is 1. The van der Waals surface area contributed by atoms with Crippen LogP contribution in [0.1, 0.15) is 15.9 Å². The average molecular weight is 328 g/mol. The zero-order valence-electron chi connectivity index (χ0n) is 11.9. The largest absolute Gasteiger partial charge is 0.509 e. The first-order chi connectivity index (χ1) is 10.7. The third-order valence-electron chi connectivity index (χ3n) is 2.91. The van der Waals surface area contributed by atoms with E-state index in [1.807, 2.05) is 0 Å². The molecule has 0 unspecified atom stereocenters. The van der Waals surface area contributed by atoms with Gasteiger partial charge in [-0.25, -0.2) is 4.79 Å². The van der Waals surface area contributed by atoms with E-state index in [4.69, 9.17) is 0 Å². The number of aryl methyl sites for hydroxylation is 1. The Hall–Kier alpha value is -2.57. The van der Waals surface area contributed by atoms with Crippen LogP contribution < -0.4 is 4.74 Å². The van der Waals surface area contributed by atoms with Gasteiger partial charge in [-0.2, -0.15) is 17.6 Å². The lowest BCUT2D eigenvalue weighted by molar-refractivity contribution is -0.388.